The van der Waals surface area contributed by atoms with Gasteiger partial charge in [0.15, 0.2) is 18.5 Å². The SMILES string of the molecule is CC/C=C\C/C=C\C/C=C\C/C=C\CCCCCCC(=O)OCC(COC1OC(C(=O)O)C(O)C(O)C1O)OC(=O)CCCCCCCCC/C=C\C/C=C\CCCCC. The van der Waals surface area contributed by atoms with Gasteiger partial charge in [0, 0.05) is 12.8 Å². The van der Waals surface area contributed by atoms with Crippen LogP contribution in [0.1, 0.15) is 168 Å². The third-order valence-electron chi connectivity index (χ3n) is 10.0. The molecule has 342 valence electrons. The first-order valence-electron chi connectivity index (χ1n) is 23.0. The second-order valence-electron chi connectivity index (χ2n) is 15.5. The van der Waals surface area contributed by atoms with Gasteiger partial charge in [-0.3, -0.25) is 9.59 Å². The highest BCUT2D eigenvalue weighted by Gasteiger charge is 2.47. The van der Waals surface area contributed by atoms with Gasteiger partial charge in [0.2, 0.25) is 0 Å². The summed E-state index contributed by atoms with van der Waals surface area (Å²) in [5.41, 5.74) is 0. The fraction of sp³-hybridized carbons (Fsp3) is 0.694. The number of aliphatic carboxylic acids is 1. The molecule has 4 N–H and O–H groups in total. The first-order chi connectivity index (χ1) is 29.2. The van der Waals surface area contributed by atoms with Crippen molar-refractivity contribution >= 4 is 17.9 Å². The Labute approximate surface area is 361 Å². The average molecular weight is 845 g/mol. The monoisotopic (exact) mass is 845 g/mol. The van der Waals surface area contributed by atoms with E-state index < -0.39 is 61.3 Å². The van der Waals surface area contributed by atoms with Gasteiger partial charge in [-0.15, -0.1) is 0 Å². The summed E-state index contributed by atoms with van der Waals surface area (Å²) in [6.45, 7) is 3.64. The van der Waals surface area contributed by atoms with Crippen LogP contribution in [0.5, 0.6) is 0 Å². The van der Waals surface area contributed by atoms with Crippen LogP contribution < -0.4 is 0 Å². The summed E-state index contributed by atoms with van der Waals surface area (Å²) < 4.78 is 21.7. The number of carboxylic acids is 1. The predicted octanol–water partition coefficient (Wildman–Crippen LogP) is 10.1. The molecule has 0 aliphatic carbocycles. The van der Waals surface area contributed by atoms with E-state index in [0.29, 0.717) is 12.8 Å². The maximum absolute atomic E-state index is 12.8. The fourth-order valence-electron chi connectivity index (χ4n) is 6.43. The summed E-state index contributed by atoms with van der Waals surface area (Å²) >= 11 is 0. The van der Waals surface area contributed by atoms with Crippen molar-refractivity contribution in [3.8, 4) is 0 Å². The Hall–Kier alpha value is -3.35. The quantitative estimate of drug-likeness (QED) is 0.0267. The number of carbonyl (C=O) groups excluding carboxylic acids is 2. The maximum Gasteiger partial charge on any atom is 0.335 e. The second kappa shape index (κ2) is 38.6. The molecular weight excluding hydrogens is 765 g/mol. The van der Waals surface area contributed by atoms with E-state index in [-0.39, 0.29) is 19.4 Å². The van der Waals surface area contributed by atoms with Gasteiger partial charge in [0.25, 0.3) is 0 Å². The van der Waals surface area contributed by atoms with E-state index in [4.69, 9.17) is 18.9 Å². The zero-order chi connectivity index (χ0) is 43.9. The second-order valence-corrected chi connectivity index (χ2v) is 15.5. The molecule has 0 aromatic rings. The van der Waals surface area contributed by atoms with Crippen LogP contribution in [-0.4, -0.2) is 88.4 Å². The smallest absolute Gasteiger partial charge is 0.335 e. The van der Waals surface area contributed by atoms with E-state index in [9.17, 15) is 34.8 Å². The van der Waals surface area contributed by atoms with Gasteiger partial charge in [-0.05, 0) is 83.5 Å². The van der Waals surface area contributed by atoms with Crippen molar-refractivity contribution < 1.29 is 53.8 Å². The van der Waals surface area contributed by atoms with Crippen LogP contribution in [0, 0.1) is 0 Å². The van der Waals surface area contributed by atoms with Gasteiger partial charge in [0.05, 0.1) is 6.61 Å². The van der Waals surface area contributed by atoms with Crippen molar-refractivity contribution in [3.05, 3.63) is 72.9 Å². The summed E-state index contributed by atoms with van der Waals surface area (Å²) in [5, 5.41) is 39.8. The highest BCUT2D eigenvalue weighted by Crippen LogP contribution is 2.23. The minimum absolute atomic E-state index is 0.164. The Bertz CT molecular complexity index is 1270. The first kappa shape index (κ1) is 54.7. The van der Waals surface area contributed by atoms with Crippen molar-refractivity contribution in [2.45, 2.75) is 205 Å². The van der Waals surface area contributed by atoms with Crippen molar-refractivity contribution in [3.63, 3.8) is 0 Å². The third kappa shape index (κ3) is 29.8. The highest BCUT2D eigenvalue weighted by molar-refractivity contribution is 5.73. The number of hydrogen-bond donors (Lipinski definition) is 4. The number of aliphatic hydroxyl groups is 3. The Morgan fingerprint density at radius 3 is 1.48 bits per heavy atom. The maximum atomic E-state index is 12.8. The molecular formula is C49H80O11. The van der Waals surface area contributed by atoms with Crippen molar-refractivity contribution in [1.82, 2.24) is 0 Å². The number of allylic oxidation sites excluding steroid dienone is 12. The number of aliphatic hydroxyl groups excluding tert-OH is 3. The fourth-order valence-corrected chi connectivity index (χ4v) is 6.43. The molecule has 60 heavy (non-hydrogen) atoms. The minimum atomic E-state index is -1.87. The number of rotatable bonds is 37. The number of unbranched alkanes of at least 4 members (excludes halogenated alkanes) is 14. The van der Waals surface area contributed by atoms with Gasteiger partial charge in [-0.25, -0.2) is 4.79 Å². The van der Waals surface area contributed by atoms with E-state index in [0.717, 1.165) is 89.9 Å². The molecule has 1 aliphatic rings. The van der Waals surface area contributed by atoms with Crippen LogP contribution in [0.25, 0.3) is 0 Å². The topological polar surface area (TPSA) is 169 Å². The minimum Gasteiger partial charge on any atom is -0.479 e. The molecule has 6 unspecified atom stereocenters. The number of esters is 2. The molecule has 0 bridgehead atoms. The summed E-state index contributed by atoms with van der Waals surface area (Å²) in [4.78, 5) is 36.9. The van der Waals surface area contributed by atoms with Gasteiger partial charge in [0.1, 0.15) is 24.9 Å². The van der Waals surface area contributed by atoms with Crippen LogP contribution in [0.15, 0.2) is 72.9 Å². The lowest BCUT2D eigenvalue weighted by molar-refractivity contribution is -0.298. The van der Waals surface area contributed by atoms with Crippen molar-refractivity contribution in [2.75, 3.05) is 13.2 Å². The molecule has 0 aromatic carbocycles. The van der Waals surface area contributed by atoms with Crippen LogP contribution in [0.4, 0.5) is 0 Å². The Kier molecular flexibility index (Phi) is 35.1. The summed E-state index contributed by atoms with van der Waals surface area (Å²) in [5.74, 6) is -2.49. The molecule has 0 radical (unpaired) electrons. The van der Waals surface area contributed by atoms with Crippen molar-refractivity contribution in [1.29, 1.82) is 0 Å². The normalized spacial score (nSPS) is 20.4. The molecule has 11 nitrogen and oxygen atoms in total. The first-order valence-corrected chi connectivity index (χ1v) is 23.0. The van der Waals surface area contributed by atoms with Crippen molar-refractivity contribution in [2.24, 2.45) is 0 Å². The zero-order valence-corrected chi connectivity index (χ0v) is 36.9. The lowest BCUT2D eigenvalue weighted by Crippen LogP contribution is -2.60. The molecule has 1 fully saturated rings. The highest BCUT2D eigenvalue weighted by atomic mass is 16.7. The number of carbonyl (C=O) groups is 3. The Morgan fingerprint density at radius 1 is 0.533 bits per heavy atom. The molecule has 1 saturated heterocycles. The van der Waals surface area contributed by atoms with Gasteiger partial charge >= 0.3 is 17.9 Å². The molecule has 0 aromatic heterocycles. The lowest BCUT2D eigenvalue weighted by atomic mass is 9.99. The Balaban J connectivity index is 2.39. The van der Waals surface area contributed by atoms with E-state index in [1.165, 1.54) is 38.5 Å². The number of hydrogen-bond acceptors (Lipinski definition) is 10. The largest absolute Gasteiger partial charge is 0.479 e. The van der Waals surface area contributed by atoms with E-state index in [1.54, 1.807) is 0 Å². The molecule has 1 heterocycles. The van der Waals surface area contributed by atoms with Crippen LogP contribution >= 0.6 is 0 Å². The zero-order valence-electron chi connectivity index (χ0n) is 36.9. The molecule has 11 heteroatoms. The molecule has 0 saturated carbocycles. The third-order valence-corrected chi connectivity index (χ3v) is 10.0. The van der Waals surface area contributed by atoms with E-state index >= 15 is 0 Å². The van der Waals surface area contributed by atoms with Crippen LogP contribution in [0.3, 0.4) is 0 Å². The van der Waals surface area contributed by atoms with Gasteiger partial charge < -0.3 is 39.4 Å². The number of ether oxygens (including phenoxy) is 4. The summed E-state index contributed by atoms with van der Waals surface area (Å²) in [6, 6.07) is 0. The lowest BCUT2D eigenvalue weighted by Gasteiger charge is -2.38. The van der Waals surface area contributed by atoms with Gasteiger partial charge in [-0.1, -0.05) is 145 Å². The molecule has 6 atom stereocenters. The average Bonchev–Trinajstić information content (AvgIpc) is 3.23. The molecule has 0 amide bonds. The molecule has 1 rings (SSSR count). The summed E-state index contributed by atoms with van der Waals surface area (Å²) in [6.07, 6.45) is 39.4. The Morgan fingerprint density at radius 2 is 0.983 bits per heavy atom. The predicted molar refractivity (Wildman–Crippen MR) is 238 cm³/mol. The van der Waals surface area contributed by atoms with Gasteiger partial charge in [-0.2, -0.15) is 0 Å². The van der Waals surface area contributed by atoms with E-state index in [2.05, 4.69) is 86.8 Å². The summed E-state index contributed by atoms with van der Waals surface area (Å²) in [7, 11) is 0. The standard InChI is InChI=1S/C49H80O11/c1-3-5-7-9-11-13-15-17-19-21-23-25-27-29-31-33-35-37-42(50)57-39-41(40-58-49-46(54)44(52)45(53)47(60-49)48(55)56)59-43(51)38-36-34-32-30-28-26-24-22-20-18-16-14-12-10-8-6-4-2/h5,7,11-14,17-20,23,25,41,44-47,49,52-54H,3-4,6,8-10,15-16,21-22,24,26-40H2,1-2H3,(H,55,56)/b7-5-,13-11-,14-12-,19-17-,20-18-,25-23-. The molecule has 1 aliphatic heterocycles. The van der Waals surface area contributed by atoms with Crippen LogP contribution in [-0.2, 0) is 33.3 Å². The molecule has 0 spiro atoms. The van der Waals surface area contributed by atoms with E-state index in [1.807, 2.05) is 0 Å². The number of carboxylic acid groups (broad SMARTS) is 1. The van der Waals surface area contributed by atoms with Crippen LogP contribution in [0.2, 0.25) is 0 Å².